The smallest absolute Gasteiger partial charge is 0.305 e. The number of nitrogens with zero attached hydrogens (tertiary/aromatic N) is 2. The second-order valence-corrected chi connectivity index (χ2v) is 8.01. The largest absolute Gasteiger partial charge is 0.481 e. The van der Waals surface area contributed by atoms with Crippen LogP contribution in [0.3, 0.4) is 0 Å². The van der Waals surface area contributed by atoms with E-state index >= 15 is 0 Å². The zero-order valence-electron chi connectivity index (χ0n) is 19.2. The predicted octanol–water partition coefficient (Wildman–Crippen LogP) is 4.28. The number of nitrogens with one attached hydrogen (secondary N) is 2. The van der Waals surface area contributed by atoms with Crippen LogP contribution in [0.15, 0.2) is 77.2 Å². The molecule has 9 heteroatoms. The standard InChI is InChI=1S/C26H24N4O5/c1-16-8-6-7-11-19(16)20(15-24(31)32)27-25(33)21-14-23(28-26(34)22-13-12-17(2)35-22)30(29-21)18-9-4-3-5-10-18/h3-14,20H,15H2,1-2H3,(H,27,33)(H,28,34)(H,31,32)/t20-/m0/s1. The summed E-state index contributed by atoms with van der Waals surface area (Å²) in [6.07, 6.45) is -0.294. The minimum Gasteiger partial charge on any atom is -0.481 e. The lowest BCUT2D eigenvalue weighted by Gasteiger charge is -2.18. The summed E-state index contributed by atoms with van der Waals surface area (Å²) in [5.41, 5.74) is 2.20. The van der Waals surface area contributed by atoms with Gasteiger partial charge in [-0.2, -0.15) is 5.10 Å². The van der Waals surface area contributed by atoms with Crippen molar-refractivity contribution in [3.05, 3.63) is 101 Å². The molecule has 0 aliphatic rings. The van der Waals surface area contributed by atoms with Crippen molar-refractivity contribution in [3.8, 4) is 5.69 Å². The molecule has 4 aromatic rings. The molecule has 1 atom stereocenters. The number of hydrogen-bond acceptors (Lipinski definition) is 5. The van der Waals surface area contributed by atoms with Gasteiger partial charge in [0, 0.05) is 6.07 Å². The number of benzene rings is 2. The molecular weight excluding hydrogens is 448 g/mol. The van der Waals surface area contributed by atoms with Crippen LogP contribution in [0.1, 0.15) is 50.4 Å². The maximum Gasteiger partial charge on any atom is 0.305 e. The summed E-state index contributed by atoms with van der Waals surface area (Å²) < 4.78 is 6.82. The van der Waals surface area contributed by atoms with Gasteiger partial charge in [-0.25, -0.2) is 4.68 Å². The number of carboxylic acid groups (broad SMARTS) is 1. The first kappa shape index (κ1) is 23.5. The molecule has 2 aromatic heterocycles. The molecule has 0 radical (unpaired) electrons. The van der Waals surface area contributed by atoms with E-state index in [0.29, 0.717) is 17.0 Å². The molecule has 0 aliphatic carbocycles. The number of para-hydroxylation sites is 1. The molecule has 0 aliphatic heterocycles. The quantitative estimate of drug-likeness (QED) is 0.351. The Morgan fingerprint density at radius 2 is 1.69 bits per heavy atom. The fourth-order valence-electron chi connectivity index (χ4n) is 3.70. The number of furan rings is 1. The molecule has 35 heavy (non-hydrogen) atoms. The minimum absolute atomic E-state index is 0.0174. The monoisotopic (exact) mass is 472 g/mol. The molecule has 0 saturated heterocycles. The van der Waals surface area contributed by atoms with Gasteiger partial charge in [-0.15, -0.1) is 0 Å². The Hall–Kier alpha value is -4.66. The van der Waals surface area contributed by atoms with Gasteiger partial charge in [0.1, 0.15) is 11.6 Å². The zero-order chi connectivity index (χ0) is 24.9. The van der Waals surface area contributed by atoms with Crippen LogP contribution in [0.2, 0.25) is 0 Å². The van der Waals surface area contributed by atoms with Gasteiger partial charge in [0.05, 0.1) is 18.2 Å². The first-order chi connectivity index (χ1) is 16.8. The summed E-state index contributed by atoms with van der Waals surface area (Å²) in [5, 5.41) is 19.3. The molecule has 0 fully saturated rings. The Kier molecular flexibility index (Phi) is 6.77. The Balaban J connectivity index is 1.65. The predicted molar refractivity (Wildman–Crippen MR) is 129 cm³/mol. The number of carbonyl (C=O) groups is 3. The highest BCUT2D eigenvalue weighted by atomic mass is 16.4. The molecule has 178 valence electrons. The van der Waals surface area contributed by atoms with Crippen molar-refractivity contribution >= 4 is 23.6 Å². The van der Waals surface area contributed by atoms with E-state index in [0.717, 1.165) is 5.56 Å². The van der Waals surface area contributed by atoms with Crippen molar-refractivity contribution in [1.29, 1.82) is 0 Å². The third kappa shape index (κ3) is 5.47. The first-order valence-corrected chi connectivity index (χ1v) is 10.9. The van der Waals surface area contributed by atoms with E-state index in [4.69, 9.17) is 4.42 Å². The van der Waals surface area contributed by atoms with Gasteiger partial charge >= 0.3 is 5.97 Å². The third-order valence-corrected chi connectivity index (χ3v) is 5.40. The summed E-state index contributed by atoms with van der Waals surface area (Å²) in [7, 11) is 0. The SMILES string of the molecule is Cc1ccc(C(=O)Nc2cc(C(=O)N[C@@H](CC(=O)O)c3ccccc3C)nn2-c2ccccc2)o1. The van der Waals surface area contributed by atoms with Crippen LogP contribution in [-0.4, -0.2) is 32.7 Å². The average Bonchev–Trinajstić information content (AvgIpc) is 3.46. The van der Waals surface area contributed by atoms with Crippen LogP contribution < -0.4 is 10.6 Å². The zero-order valence-corrected chi connectivity index (χ0v) is 19.2. The molecule has 3 N–H and O–H groups in total. The van der Waals surface area contributed by atoms with E-state index in [1.807, 2.05) is 25.1 Å². The fraction of sp³-hybridized carbons (Fsp3) is 0.154. The summed E-state index contributed by atoms with van der Waals surface area (Å²) in [4.78, 5) is 37.4. The molecule has 9 nitrogen and oxygen atoms in total. The second kappa shape index (κ2) is 10.1. The third-order valence-electron chi connectivity index (χ3n) is 5.40. The number of rotatable bonds is 8. The van der Waals surface area contributed by atoms with Crippen molar-refractivity contribution in [2.75, 3.05) is 5.32 Å². The Labute approximate surface area is 201 Å². The van der Waals surface area contributed by atoms with E-state index in [-0.39, 0.29) is 23.7 Å². The number of aryl methyl sites for hydroxylation is 2. The number of amides is 2. The van der Waals surface area contributed by atoms with Gasteiger partial charge in [0.2, 0.25) is 0 Å². The summed E-state index contributed by atoms with van der Waals surface area (Å²) in [6.45, 7) is 3.58. The summed E-state index contributed by atoms with van der Waals surface area (Å²) >= 11 is 0. The van der Waals surface area contributed by atoms with Crippen molar-refractivity contribution in [3.63, 3.8) is 0 Å². The van der Waals surface area contributed by atoms with E-state index in [2.05, 4.69) is 15.7 Å². The topological polar surface area (TPSA) is 126 Å². The lowest BCUT2D eigenvalue weighted by atomic mass is 9.98. The number of aliphatic carboxylic acids is 1. The van der Waals surface area contributed by atoms with E-state index < -0.39 is 23.8 Å². The summed E-state index contributed by atoms with van der Waals surface area (Å²) in [6, 6.07) is 20.2. The van der Waals surface area contributed by atoms with Gasteiger partial charge in [-0.05, 0) is 49.2 Å². The fourth-order valence-corrected chi connectivity index (χ4v) is 3.70. The van der Waals surface area contributed by atoms with Crippen LogP contribution in [0, 0.1) is 13.8 Å². The highest BCUT2D eigenvalue weighted by molar-refractivity contribution is 6.03. The van der Waals surface area contributed by atoms with Gasteiger partial charge in [0.15, 0.2) is 11.5 Å². The lowest BCUT2D eigenvalue weighted by molar-refractivity contribution is -0.137. The van der Waals surface area contributed by atoms with E-state index in [1.54, 1.807) is 55.5 Å². The van der Waals surface area contributed by atoms with Crippen LogP contribution in [0.4, 0.5) is 5.82 Å². The number of hydrogen-bond donors (Lipinski definition) is 3. The lowest BCUT2D eigenvalue weighted by Crippen LogP contribution is -2.31. The van der Waals surface area contributed by atoms with Crippen molar-refractivity contribution < 1.29 is 23.9 Å². The van der Waals surface area contributed by atoms with Gasteiger partial charge in [0.25, 0.3) is 11.8 Å². The first-order valence-electron chi connectivity index (χ1n) is 10.9. The molecule has 2 amide bonds. The number of aromatic nitrogens is 2. The Bertz CT molecular complexity index is 1370. The van der Waals surface area contributed by atoms with Crippen LogP contribution in [0.5, 0.6) is 0 Å². The maximum atomic E-state index is 13.2. The molecule has 0 spiro atoms. The minimum atomic E-state index is -1.05. The second-order valence-electron chi connectivity index (χ2n) is 8.01. The van der Waals surface area contributed by atoms with Gasteiger partial charge in [-0.3, -0.25) is 14.4 Å². The van der Waals surface area contributed by atoms with Gasteiger partial charge in [-0.1, -0.05) is 42.5 Å². The molecule has 2 aromatic carbocycles. The number of carbonyl (C=O) groups excluding carboxylic acids is 2. The van der Waals surface area contributed by atoms with Crippen molar-refractivity contribution in [1.82, 2.24) is 15.1 Å². The van der Waals surface area contributed by atoms with Crippen LogP contribution in [-0.2, 0) is 4.79 Å². The Morgan fingerprint density at radius 1 is 0.971 bits per heavy atom. The Morgan fingerprint density at radius 3 is 2.34 bits per heavy atom. The van der Waals surface area contributed by atoms with Crippen molar-refractivity contribution in [2.45, 2.75) is 26.3 Å². The van der Waals surface area contributed by atoms with Crippen LogP contribution in [0.25, 0.3) is 5.69 Å². The van der Waals surface area contributed by atoms with E-state index in [1.165, 1.54) is 10.7 Å². The van der Waals surface area contributed by atoms with E-state index in [9.17, 15) is 19.5 Å². The van der Waals surface area contributed by atoms with Gasteiger partial charge < -0.3 is 20.2 Å². The molecule has 2 heterocycles. The van der Waals surface area contributed by atoms with Crippen LogP contribution >= 0.6 is 0 Å². The normalized spacial score (nSPS) is 11.6. The molecular formula is C26H24N4O5. The molecule has 0 saturated carbocycles. The highest BCUT2D eigenvalue weighted by Gasteiger charge is 2.24. The highest BCUT2D eigenvalue weighted by Crippen LogP contribution is 2.23. The maximum absolute atomic E-state index is 13.2. The number of carboxylic acids is 1. The summed E-state index contributed by atoms with van der Waals surface area (Å²) in [5.74, 6) is -1.15. The van der Waals surface area contributed by atoms with Crippen molar-refractivity contribution in [2.24, 2.45) is 0 Å². The average molecular weight is 473 g/mol. The number of anilines is 1. The molecule has 0 bridgehead atoms. The molecule has 0 unspecified atom stereocenters. The molecule has 4 rings (SSSR count).